The van der Waals surface area contributed by atoms with Crippen LogP contribution in [0.1, 0.15) is 30.1 Å². The lowest BCUT2D eigenvalue weighted by atomic mass is 10.1. The van der Waals surface area contributed by atoms with Crippen molar-refractivity contribution in [3.63, 3.8) is 0 Å². The highest BCUT2D eigenvalue weighted by Gasteiger charge is 2.42. The first-order chi connectivity index (χ1) is 10.3. The highest BCUT2D eigenvalue weighted by atomic mass is 35.5. The number of nitrogens with one attached hydrogen (secondary N) is 1. The number of hydrogen-bond donors (Lipinski definition) is 1. The lowest BCUT2D eigenvalue weighted by Crippen LogP contribution is -2.30. The topological polar surface area (TPSA) is 83.6 Å². The van der Waals surface area contributed by atoms with E-state index in [-0.39, 0.29) is 34.0 Å². The van der Waals surface area contributed by atoms with E-state index in [1.807, 2.05) is 0 Å². The van der Waals surface area contributed by atoms with Gasteiger partial charge >= 0.3 is 0 Å². The molecule has 1 atom stereocenters. The summed E-state index contributed by atoms with van der Waals surface area (Å²) in [5, 5.41) is 2.93. The molecule has 8 heteroatoms. The molecule has 6 nitrogen and oxygen atoms in total. The molecule has 0 bridgehead atoms. The Labute approximate surface area is 133 Å². The van der Waals surface area contributed by atoms with Crippen molar-refractivity contribution in [2.24, 2.45) is 5.92 Å². The molecule has 1 aromatic carbocycles. The van der Waals surface area contributed by atoms with Crippen molar-refractivity contribution >= 4 is 39.1 Å². The molecule has 0 aromatic heterocycles. The third-order valence-corrected chi connectivity index (χ3v) is 5.89. The Hall–Kier alpha value is -1.60. The van der Waals surface area contributed by atoms with E-state index in [1.54, 1.807) is 6.92 Å². The number of carbonyl (C=O) groups is 2. The van der Waals surface area contributed by atoms with Crippen molar-refractivity contribution in [3.05, 3.63) is 28.8 Å². The minimum atomic E-state index is -3.67. The van der Waals surface area contributed by atoms with Crippen LogP contribution in [0.2, 0.25) is 5.02 Å². The lowest BCUT2D eigenvalue weighted by molar-refractivity contribution is -0.119. The quantitative estimate of drug-likeness (QED) is 0.903. The maximum absolute atomic E-state index is 12.0. The fraction of sp³-hybridized carbons (Fsp3) is 0.429. The summed E-state index contributed by atoms with van der Waals surface area (Å²) in [5.74, 6) is -1.57. The van der Waals surface area contributed by atoms with Crippen molar-refractivity contribution < 1.29 is 18.0 Å². The highest BCUT2D eigenvalue weighted by Crippen LogP contribution is 2.31. The molecule has 0 spiro atoms. The molecular weight excluding hydrogens is 328 g/mol. The van der Waals surface area contributed by atoms with E-state index in [9.17, 15) is 18.0 Å². The predicted octanol–water partition coefficient (Wildman–Crippen LogP) is 1.54. The van der Waals surface area contributed by atoms with Crippen LogP contribution in [0.5, 0.6) is 0 Å². The van der Waals surface area contributed by atoms with Gasteiger partial charge in [-0.25, -0.2) is 12.7 Å². The molecule has 118 valence electrons. The number of carbonyl (C=O) groups excluding carboxylic acids is 2. The molecule has 3 rings (SSSR count). The summed E-state index contributed by atoms with van der Waals surface area (Å²) in [4.78, 5) is 24.0. The average Bonchev–Trinajstić information content (AvgIpc) is 3.18. The van der Waals surface area contributed by atoms with E-state index in [0.717, 1.165) is 17.1 Å². The van der Waals surface area contributed by atoms with Gasteiger partial charge in [0.2, 0.25) is 15.9 Å². The van der Waals surface area contributed by atoms with Crippen molar-refractivity contribution in [2.45, 2.75) is 25.8 Å². The van der Waals surface area contributed by atoms with Gasteiger partial charge in [0.1, 0.15) is 0 Å². The van der Waals surface area contributed by atoms with E-state index in [0.29, 0.717) is 0 Å². The number of nitrogens with zero attached hydrogens (tertiary/aromatic N) is 1. The Kier molecular flexibility index (Phi) is 3.65. The van der Waals surface area contributed by atoms with Crippen LogP contribution in [-0.2, 0) is 14.8 Å². The maximum atomic E-state index is 12.0. The summed E-state index contributed by atoms with van der Waals surface area (Å²) in [6, 6.07) is 4.42. The van der Waals surface area contributed by atoms with Crippen LogP contribution in [0, 0.1) is 5.92 Å². The van der Waals surface area contributed by atoms with Gasteiger partial charge in [-0.2, -0.15) is 0 Å². The van der Waals surface area contributed by atoms with Crippen molar-refractivity contribution in [1.29, 1.82) is 0 Å². The van der Waals surface area contributed by atoms with Crippen LogP contribution in [0.4, 0.5) is 5.69 Å². The second-order valence-corrected chi connectivity index (χ2v) is 7.96. The summed E-state index contributed by atoms with van der Waals surface area (Å²) in [6.07, 6.45) is 1.92. The third-order valence-electron chi connectivity index (χ3n) is 3.70. The second kappa shape index (κ2) is 5.24. The summed E-state index contributed by atoms with van der Waals surface area (Å²) in [7, 11) is -3.67. The van der Waals surface area contributed by atoms with Gasteiger partial charge in [-0.05, 0) is 31.0 Å². The van der Waals surface area contributed by atoms with Gasteiger partial charge in [0.25, 0.3) is 5.91 Å². The SMILES string of the molecule is CC1CS(=O)(=O)N(c2ccc(C(=O)NC3CC3)c(Cl)c2)C1=O. The first kappa shape index (κ1) is 15.3. The molecule has 0 radical (unpaired) electrons. The number of hydrogen-bond acceptors (Lipinski definition) is 4. The summed E-state index contributed by atoms with van der Waals surface area (Å²) >= 11 is 6.09. The molecule has 1 aliphatic carbocycles. The molecular formula is C14H15ClN2O4S. The molecule has 2 aliphatic rings. The van der Waals surface area contributed by atoms with E-state index < -0.39 is 21.8 Å². The summed E-state index contributed by atoms with van der Waals surface area (Å²) < 4.78 is 24.9. The van der Waals surface area contributed by atoms with Gasteiger partial charge in [-0.15, -0.1) is 0 Å². The largest absolute Gasteiger partial charge is 0.349 e. The zero-order valence-electron chi connectivity index (χ0n) is 11.9. The van der Waals surface area contributed by atoms with Crippen LogP contribution in [-0.4, -0.2) is 32.0 Å². The first-order valence-corrected chi connectivity index (χ1v) is 8.95. The molecule has 1 heterocycles. The average molecular weight is 343 g/mol. The summed E-state index contributed by atoms with van der Waals surface area (Å²) in [5.41, 5.74) is 0.441. The van der Waals surface area contributed by atoms with Crippen LogP contribution < -0.4 is 9.62 Å². The van der Waals surface area contributed by atoms with Crippen molar-refractivity contribution in [2.75, 3.05) is 10.1 Å². The van der Waals surface area contributed by atoms with Gasteiger partial charge in [0.05, 0.1) is 27.9 Å². The fourth-order valence-electron chi connectivity index (χ4n) is 2.39. The molecule has 1 saturated heterocycles. The Balaban J connectivity index is 1.91. The van der Waals surface area contributed by atoms with Gasteiger partial charge in [0.15, 0.2) is 0 Å². The lowest BCUT2D eigenvalue weighted by Gasteiger charge is -2.16. The second-order valence-electron chi connectivity index (χ2n) is 5.69. The molecule has 2 amide bonds. The maximum Gasteiger partial charge on any atom is 0.253 e. The van der Waals surface area contributed by atoms with E-state index in [4.69, 9.17) is 11.6 Å². The minimum Gasteiger partial charge on any atom is -0.349 e. The Morgan fingerprint density at radius 2 is 2.05 bits per heavy atom. The zero-order chi connectivity index (χ0) is 16.1. The summed E-state index contributed by atoms with van der Waals surface area (Å²) in [6.45, 7) is 1.57. The number of sulfonamides is 1. The van der Waals surface area contributed by atoms with E-state index in [2.05, 4.69) is 5.32 Å². The number of anilines is 1. The zero-order valence-corrected chi connectivity index (χ0v) is 13.4. The normalized spacial score (nSPS) is 23.6. The van der Waals surface area contributed by atoms with Crippen molar-refractivity contribution in [1.82, 2.24) is 5.32 Å². The minimum absolute atomic E-state index is 0.123. The van der Waals surface area contributed by atoms with Crippen LogP contribution in [0.3, 0.4) is 0 Å². The van der Waals surface area contributed by atoms with E-state index >= 15 is 0 Å². The Morgan fingerprint density at radius 1 is 1.36 bits per heavy atom. The molecule has 1 N–H and O–H groups in total. The molecule has 1 saturated carbocycles. The first-order valence-electron chi connectivity index (χ1n) is 6.97. The number of halogens is 1. The van der Waals surface area contributed by atoms with Crippen LogP contribution in [0.15, 0.2) is 18.2 Å². The van der Waals surface area contributed by atoms with Gasteiger partial charge < -0.3 is 5.32 Å². The number of amides is 2. The molecule has 1 unspecified atom stereocenters. The molecule has 1 aromatic rings. The number of rotatable bonds is 3. The number of benzene rings is 1. The molecule has 1 aliphatic heterocycles. The predicted molar refractivity (Wildman–Crippen MR) is 82.4 cm³/mol. The van der Waals surface area contributed by atoms with Crippen molar-refractivity contribution in [3.8, 4) is 0 Å². The van der Waals surface area contributed by atoms with Gasteiger partial charge in [0, 0.05) is 6.04 Å². The van der Waals surface area contributed by atoms with Crippen LogP contribution >= 0.6 is 11.6 Å². The highest BCUT2D eigenvalue weighted by molar-refractivity contribution is 7.94. The Bertz CT molecular complexity index is 758. The standard InChI is InChI=1S/C14H15ClN2O4S/c1-8-7-22(20,21)17(14(8)19)10-4-5-11(12(15)6-10)13(18)16-9-2-3-9/h4-6,8-9H,2-3,7H2,1H3,(H,16,18). The van der Waals surface area contributed by atoms with E-state index in [1.165, 1.54) is 18.2 Å². The fourth-order valence-corrected chi connectivity index (χ4v) is 4.47. The van der Waals surface area contributed by atoms with Gasteiger partial charge in [-0.3, -0.25) is 9.59 Å². The third kappa shape index (κ3) is 2.70. The Morgan fingerprint density at radius 3 is 2.55 bits per heavy atom. The van der Waals surface area contributed by atoms with Crippen LogP contribution in [0.25, 0.3) is 0 Å². The monoisotopic (exact) mass is 342 g/mol. The molecule has 22 heavy (non-hydrogen) atoms. The smallest absolute Gasteiger partial charge is 0.253 e. The molecule has 2 fully saturated rings. The van der Waals surface area contributed by atoms with Gasteiger partial charge in [-0.1, -0.05) is 18.5 Å².